The minimum Gasteiger partial charge on any atom is -0.494 e. The maximum absolute atomic E-state index is 13.4. The lowest BCUT2D eigenvalue weighted by molar-refractivity contribution is 0.192. The van der Waals surface area contributed by atoms with E-state index in [2.05, 4.69) is 5.32 Å². The summed E-state index contributed by atoms with van der Waals surface area (Å²) in [7, 11) is 1.37. The van der Waals surface area contributed by atoms with Crippen molar-refractivity contribution in [1.29, 1.82) is 0 Å². The van der Waals surface area contributed by atoms with Gasteiger partial charge in [0.1, 0.15) is 0 Å². The molecular formula is C12H17FN2O3. The third kappa shape index (κ3) is 3.59. The number of urea groups is 1. The fourth-order valence-corrected chi connectivity index (χ4v) is 1.47. The van der Waals surface area contributed by atoms with Crippen molar-refractivity contribution in [2.45, 2.75) is 6.92 Å². The van der Waals surface area contributed by atoms with Crippen LogP contribution in [-0.2, 0) is 0 Å². The van der Waals surface area contributed by atoms with Crippen LogP contribution in [0.1, 0.15) is 6.92 Å². The van der Waals surface area contributed by atoms with Gasteiger partial charge in [0.15, 0.2) is 11.6 Å². The zero-order chi connectivity index (χ0) is 13.5. The molecule has 0 saturated heterocycles. The van der Waals surface area contributed by atoms with Crippen molar-refractivity contribution in [2.24, 2.45) is 0 Å². The Labute approximate surface area is 105 Å². The number of hydrogen-bond acceptors (Lipinski definition) is 3. The molecule has 5 nitrogen and oxygen atoms in total. The molecule has 0 fully saturated rings. The van der Waals surface area contributed by atoms with E-state index < -0.39 is 5.82 Å². The van der Waals surface area contributed by atoms with Gasteiger partial charge in [-0.3, -0.25) is 0 Å². The van der Waals surface area contributed by atoms with Gasteiger partial charge in [-0.25, -0.2) is 9.18 Å². The number of halogens is 1. The topological polar surface area (TPSA) is 61.8 Å². The van der Waals surface area contributed by atoms with Crippen molar-refractivity contribution >= 4 is 11.7 Å². The first-order valence-electron chi connectivity index (χ1n) is 5.62. The van der Waals surface area contributed by atoms with E-state index in [4.69, 9.17) is 9.84 Å². The highest BCUT2D eigenvalue weighted by Crippen LogP contribution is 2.20. The highest BCUT2D eigenvalue weighted by molar-refractivity contribution is 5.89. The molecule has 0 spiro atoms. The molecular weight excluding hydrogens is 239 g/mol. The Morgan fingerprint density at radius 2 is 2.28 bits per heavy atom. The number of carbonyl (C=O) groups excluding carboxylic acids is 1. The van der Waals surface area contributed by atoms with Crippen LogP contribution in [0.5, 0.6) is 5.75 Å². The second-order valence-electron chi connectivity index (χ2n) is 3.58. The smallest absolute Gasteiger partial charge is 0.321 e. The molecule has 0 saturated carbocycles. The Kier molecular flexibility index (Phi) is 5.38. The van der Waals surface area contributed by atoms with Gasteiger partial charge in [0.05, 0.1) is 13.7 Å². The number of carbonyl (C=O) groups is 1. The summed E-state index contributed by atoms with van der Waals surface area (Å²) in [4.78, 5) is 13.2. The lowest BCUT2D eigenvalue weighted by Gasteiger charge is -2.20. The average Bonchev–Trinajstić information content (AvgIpc) is 2.36. The number of likely N-dealkylation sites (N-methyl/N-ethyl adjacent to an activating group) is 1. The zero-order valence-electron chi connectivity index (χ0n) is 10.4. The second-order valence-corrected chi connectivity index (χ2v) is 3.58. The molecule has 1 aromatic carbocycles. The van der Waals surface area contributed by atoms with Gasteiger partial charge in [-0.05, 0) is 19.1 Å². The Morgan fingerprint density at radius 1 is 1.56 bits per heavy atom. The van der Waals surface area contributed by atoms with Gasteiger partial charge >= 0.3 is 6.03 Å². The van der Waals surface area contributed by atoms with Crippen LogP contribution < -0.4 is 10.1 Å². The first-order chi connectivity index (χ1) is 8.62. The minimum absolute atomic E-state index is 0.113. The quantitative estimate of drug-likeness (QED) is 0.842. The minimum atomic E-state index is -0.541. The molecule has 0 radical (unpaired) electrons. The van der Waals surface area contributed by atoms with Gasteiger partial charge < -0.3 is 20.1 Å². The maximum atomic E-state index is 13.4. The number of methoxy groups -OCH3 is 1. The Bertz CT molecular complexity index is 412. The Balaban J connectivity index is 2.72. The highest BCUT2D eigenvalue weighted by atomic mass is 19.1. The van der Waals surface area contributed by atoms with Crippen LogP contribution >= 0.6 is 0 Å². The third-order valence-corrected chi connectivity index (χ3v) is 2.44. The number of anilines is 1. The van der Waals surface area contributed by atoms with Crippen molar-refractivity contribution in [3.63, 3.8) is 0 Å². The summed E-state index contributed by atoms with van der Waals surface area (Å²) < 4.78 is 18.2. The monoisotopic (exact) mass is 256 g/mol. The molecule has 0 aromatic heterocycles. The number of aliphatic hydroxyl groups excluding tert-OH is 1. The summed E-state index contributed by atoms with van der Waals surface area (Å²) in [6.07, 6.45) is 0. The molecule has 2 amide bonds. The van der Waals surface area contributed by atoms with Crippen LogP contribution in [0.25, 0.3) is 0 Å². The molecule has 2 N–H and O–H groups in total. The van der Waals surface area contributed by atoms with Crippen LogP contribution in [-0.4, -0.2) is 42.8 Å². The predicted molar refractivity (Wildman–Crippen MR) is 66.3 cm³/mol. The molecule has 0 aliphatic rings. The SMILES string of the molecule is CCN(CCO)C(=O)Nc1ccc(OC)c(F)c1. The van der Waals surface area contributed by atoms with Crippen molar-refractivity contribution in [2.75, 3.05) is 32.1 Å². The fraction of sp³-hybridized carbons (Fsp3) is 0.417. The molecule has 1 aromatic rings. The highest BCUT2D eigenvalue weighted by Gasteiger charge is 2.12. The van der Waals surface area contributed by atoms with Crippen molar-refractivity contribution in [1.82, 2.24) is 4.90 Å². The van der Waals surface area contributed by atoms with Crippen LogP contribution in [0.3, 0.4) is 0 Å². The Morgan fingerprint density at radius 3 is 2.78 bits per heavy atom. The van der Waals surface area contributed by atoms with E-state index in [-0.39, 0.29) is 24.9 Å². The molecule has 100 valence electrons. The van der Waals surface area contributed by atoms with E-state index in [9.17, 15) is 9.18 Å². The summed E-state index contributed by atoms with van der Waals surface area (Å²) in [5, 5.41) is 11.3. The number of benzene rings is 1. The first kappa shape index (κ1) is 14.2. The van der Waals surface area contributed by atoms with Crippen molar-refractivity contribution < 1.29 is 19.0 Å². The van der Waals surface area contributed by atoms with Crippen molar-refractivity contribution in [3.05, 3.63) is 24.0 Å². The lowest BCUT2D eigenvalue weighted by Crippen LogP contribution is -2.36. The molecule has 0 unspecified atom stereocenters. The van der Waals surface area contributed by atoms with E-state index in [1.54, 1.807) is 13.0 Å². The molecule has 0 aliphatic heterocycles. The second kappa shape index (κ2) is 6.80. The van der Waals surface area contributed by atoms with Gasteiger partial charge in [-0.1, -0.05) is 0 Å². The summed E-state index contributed by atoms with van der Waals surface area (Å²) in [5.74, 6) is -0.420. The lowest BCUT2D eigenvalue weighted by atomic mass is 10.3. The Hall–Kier alpha value is -1.82. The van der Waals surface area contributed by atoms with Gasteiger partial charge in [-0.2, -0.15) is 0 Å². The number of ether oxygens (including phenoxy) is 1. The summed E-state index contributed by atoms with van der Waals surface area (Å²) in [5.41, 5.74) is 0.342. The molecule has 0 bridgehead atoms. The number of rotatable bonds is 5. The van der Waals surface area contributed by atoms with Crippen LogP contribution in [0, 0.1) is 5.82 Å². The summed E-state index contributed by atoms with van der Waals surface area (Å²) >= 11 is 0. The molecule has 1 rings (SSSR count). The van der Waals surface area contributed by atoms with Crippen LogP contribution in [0.2, 0.25) is 0 Å². The van der Waals surface area contributed by atoms with Gasteiger partial charge in [0, 0.05) is 24.8 Å². The zero-order valence-corrected chi connectivity index (χ0v) is 10.4. The van der Waals surface area contributed by atoms with E-state index in [0.717, 1.165) is 0 Å². The first-order valence-corrected chi connectivity index (χ1v) is 5.62. The van der Waals surface area contributed by atoms with Crippen molar-refractivity contribution in [3.8, 4) is 5.75 Å². The normalized spacial score (nSPS) is 10.0. The van der Waals surface area contributed by atoms with Gasteiger partial charge in [0.25, 0.3) is 0 Å². The third-order valence-electron chi connectivity index (χ3n) is 2.44. The summed E-state index contributed by atoms with van der Waals surface area (Å²) in [6.45, 7) is 2.38. The van der Waals surface area contributed by atoms with Crippen LogP contribution in [0.4, 0.5) is 14.9 Å². The van der Waals surface area contributed by atoms with E-state index in [0.29, 0.717) is 12.2 Å². The number of nitrogens with one attached hydrogen (secondary N) is 1. The maximum Gasteiger partial charge on any atom is 0.321 e. The molecule has 0 aliphatic carbocycles. The number of hydrogen-bond donors (Lipinski definition) is 2. The van der Waals surface area contributed by atoms with Crippen LogP contribution in [0.15, 0.2) is 18.2 Å². The largest absolute Gasteiger partial charge is 0.494 e. The average molecular weight is 256 g/mol. The van der Waals surface area contributed by atoms with E-state index in [1.807, 2.05) is 0 Å². The molecule has 18 heavy (non-hydrogen) atoms. The number of amides is 2. The summed E-state index contributed by atoms with van der Waals surface area (Å²) in [6, 6.07) is 3.79. The predicted octanol–water partition coefficient (Wildman–Crippen LogP) is 1.68. The number of nitrogens with zero attached hydrogens (tertiary/aromatic N) is 1. The molecule has 0 heterocycles. The van der Waals surface area contributed by atoms with Gasteiger partial charge in [-0.15, -0.1) is 0 Å². The van der Waals surface area contributed by atoms with Gasteiger partial charge in [0.2, 0.25) is 0 Å². The van der Waals surface area contributed by atoms with E-state index >= 15 is 0 Å². The standard InChI is InChI=1S/C12H17FN2O3/c1-3-15(6-7-16)12(17)14-9-4-5-11(18-2)10(13)8-9/h4-5,8,16H,3,6-7H2,1-2H3,(H,14,17). The fourth-order valence-electron chi connectivity index (χ4n) is 1.47. The molecule has 0 atom stereocenters. The van der Waals surface area contributed by atoms with E-state index in [1.165, 1.54) is 24.1 Å². The molecule has 6 heteroatoms. The number of aliphatic hydroxyl groups is 1.